The molecule has 0 fully saturated rings. The van der Waals surface area contributed by atoms with Crippen molar-refractivity contribution in [1.29, 1.82) is 0 Å². The van der Waals surface area contributed by atoms with Crippen LogP contribution in [0.2, 0.25) is 0 Å². The number of carbonyl (C=O) groups is 2. The van der Waals surface area contributed by atoms with Gasteiger partial charge in [-0.25, -0.2) is 0 Å². The summed E-state index contributed by atoms with van der Waals surface area (Å²) in [4.78, 5) is 23.0. The van der Waals surface area contributed by atoms with Crippen LogP contribution in [0.3, 0.4) is 0 Å². The molecule has 0 aliphatic rings. The number of hydrogen-bond acceptors (Lipinski definition) is 3. The van der Waals surface area contributed by atoms with Crippen LogP contribution in [-0.4, -0.2) is 18.9 Å². The maximum Gasteiger partial charge on any atom is 0.305 e. The lowest BCUT2D eigenvalue weighted by Gasteiger charge is -2.03. The Hall–Kier alpha value is -1.38. The number of carbonyl (C=O) groups excluding carboxylic acids is 2. The van der Waals surface area contributed by atoms with E-state index in [-0.39, 0.29) is 5.97 Å². The topological polar surface area (TPSA) is 43.4 Å². The van der Waals surface area contributed by atoms with E-state index in [4.69, 9.17) is 0 Å². The fraction of sp³-hybridized carbons (Fsp3) is 0.793. The Morgan fingerprint density at radius 3 is 1.50 bits per heavy atom. The second-order valence-corrected chi connectivity index (χ2v) is 9.07. The minimum Gasteiger partial charge on any atom is -0.469 e. The van der Waals surface area contributed by atoms with Crippen LogP contribution in [0.5, 0.6) is 0 Å². The standard InChI is InChI=1S/C29H52O3/c1-3-4-5-6-7-8-9-10-11-12-13-14-15-16-17-19-22-25-28(30)26-23-20-18-21-24-27-29(31)32-2/h7-8,10-11H,3-6,9,12-27H2,1-2H3/b8-7-,11-10-. The van der Waals surface area contributed by atoms with Crippen molar-refractivity contribution in [3.05, 3.63) is 24.3 Å². The molecule has 0 aliphatic heterocycles. The summed E-state index contributed by atoms with van der Waals surface area (Å²) < 4.78 is 4.63. The van der Waals surface area contributed by atoms with Crippen LogP contribution in [0.15, 0.2) is 24.3 Å². The van der Waals surface area contributed by atoms with E-state index in [1.54, 1.807) is 0 Å². The summed E-state index contributed by atoms with van der Waals surface area (Å²) in [7, 11) is 1.43. The van der Waals surface area contributed by atoms with Crippen molar-refractivity contribution in [1.82, 2.24) is 0 Å². The van der Waals surface area contributed by atoms with Crippen LogP contribution in [0.1, 0.15) is 142 Å². The molecule has 0 amide bonds. The first-order valence-electron chi connectivity index (χ1n) is 13.6. The first-order chi connectivity index (χ1) is 15.7. The van der Waals surface area contributed by atoms with E-state index in [0.717, 1.165) is 57.8 Å². The van der Waals surface area contributed by atoms with Crippen LogP contribution in [-0.2, 0) is 14.3 Å². The highest BCUT2D eigenvalue weighted by Gasteiger charge is 2.03. The lowest BCUT2D eigenvalue weighted by atomic mass is 10.0. The van der Waals surface area contributed by atoms with Gasteiger partial charge in [0.1, 0.15) is 5.78 Å². The highest BCUT2D eigenvalue weighted by molar-refractivity contribution is 5.78. The number of allylic oxidation sites excluding steroid dienone is 4. The summed E-state index contributed by atoms with van der Waals surface area (Å²) >= 11 is 0. The molecule has 0 rings (SSSR count). The summed E-state index contributed by atoms with van der Waals surface area (Å²) in [5.74, 6) is 0.312. The second kappa shape index (κ2) is 25.9. The normalized spacial score (nSPS) is 11.6. The monoisotopic (exact) mass is 448 g/mol. The third-order valence-electron chi connectivity index (χ3n) is 5.97. The van der Waals surface area contributed by atoms with Crippen LogP contribution in [0, 0.1) is 0 Å². The van der Waals surface area contributed by atoms with Gasteiger partial charge < -0.3 is 4.74 Å². The molecular weight excluding hydrogens is 396 g/mol. The van der Waals surface area contributed by atoms with Gasteiger partial charge >= 0.3 is 5.97 Å². The predicted octanol–water partition coefficient (Wildman–Crippen LogP) is 9.05. The number of ketones is 1. The average Bonchev–Trinajstić information content (AvgIpc) is 2.80. The van der Waals surface area contributed by atoms with Crippen molar-refractivity contribution in [2.75, 3.05) is 7.11 Å². The molecule has 3 heteroatoms. The van der Waals surface area contributed by atoms with Crippen LogP contribution in [0.25, 0.3) is 0 Å². The predicted molar refractivity (Wildman–Crippen MR) is 138 cm³/mol. The molecule has 32 heavy (non-hydrogen) atoms. The first-order valence-corrected chi connectivity index (χ1v) is 13.6. The molecule has 0 spiro atoms. The van der Waals surface area contributed by atoms with Gasteiger partial charge in [-0.15, -0.1) is 0 Å². The SMILES string of the molecule is CCCCC/C=C\C/C=C\CCCCCCCCCC(=O)CCCCCCCC(=O)OC. The van der Waals surface area contributed by atoms with E-state index in [1.165, 1.54) is 77.7 Å². The molecule has 0 radical (unpaired) electrons. The van der Waals surface area contributed by atoms with Gasteiger partial charge in [-0.2, -0.15) is 0 Å². The van der Waals surface area contributed by atoms with Crippen molar-refractivity contribution in [2.24, 2.45) is 0 Å². The zero-order chi connectivity index (χ0) is 23.5. The smallest absolute Gasteiger partial charge is 0.305 e. The number of ether oxygens (including phenoxy) is 1. The maximum atomic E-state index is 11.9. The summed E-state index contributed by atoms with van der Waals surface area (Å²) in [5, 5.41) is 0. The Balaban J connectivity index is 3.27. The fourth-order valence-corrected chi connectivity index (χ4v) is 3.84. The molecule has 0 heterocycles. The van der Waals surface area contributed by atoms with Crippen LogP contribution >= 0.6 is 0 Å². The summed E-state index contributed by atoms with van der Waals surface area (Å²) in [6.45, 7) is 2.25. The van der Waals surface area contributed by atoms with E-state index in [2.05, 4.69) is 36.0 Å². The number of esters is 1. The molecule has 0 saturated carbocycles. The van der Waals surface area contributed by atoms with E-state index < -0.39 is 0 Å². The van der Waals surface area contributed by atoms with Gasteiger partial charge in [0.15, 0.2) is 0 Å². The Morgan fingerprint density at radius 2 is 1.00 bits per heavy atom. The lowest BCUT2D eigenvalue weighted by molar-refractivity contribution is -0.140. The molecular formula is C29H52O3. The number of rotatable bonds is 24. The van der Waals surface area contributed by atoms with Gasteiger partial charge in [0.25, 0.3) is 0 Å². The molecule has 0 saturated heterocycles. The third-order valence-corrected chi connectivity index (χ3v) is 5.97. The maximum absolute atomic E-state index is 11.9. The van der Waals surface area contributed by atoms with Gasteiger partial charge in [-0.05, 0) is 51.4 Å². The fourth-order valence-electron chi connectivity index (χ4n) is 3.84. The minimum atomic E-state index is -0.121. The van der Waals surface area contributed by atoms with Crippen molar-refractivity contribution in [3.63, 3.8) is 0 Å². The molecule has 3 nitrogen and oxygen atoms in total. The molecule has 0 aliphatic carbocycles. The summed E-state index contributed by atoms with van der Waals surface area (Å²) in [6, 6.07) is 0. The van der Waals surface area contributed by atoms with Gasteiger partial charge in [-0.3, -0.25) is 9.59 Å². The average molecular weight is 449 g/mol. The third kappa shape index (κ3) is 24.9. The van der Waals surface area contributed by atoms with Crippen LogP contribution < -0.4 is 0 Å². The molecule has 0 bridgehead atoms. The summed E-state index contributed by atoms with van der Waals surface area (Å²) in [5.41, 5.74) is 0. The molecule has 0 unspecified atom stereocenters. The minimum absolute atomic E-state index is 0.121. The quantitative estimate of drug-likeness (QED) is 0.0840. The van der Waals surface area contributed by atoms with E-state index in [1.807, 2.05) is 0 Å². The molecule has 0 N–H and O–H groups in total. The molecule has 186 valence electrons. The number of unbranched alkanes of at least 4 members (excludes halogenated alkanes) is 14. The van der Waals surface area contributed by atoms with Crippen molar-refractivity contribution >= 4 is 11.8 Å². The van der Waals surface area contributed by atoms with Gasteiger partial charge in [0.05, 0.1) is 7.11 Å². The number of methoxy groups -OCH3 is 1. The second-order valence-electron chi connectivity index (χ2n) is 9.07. The molecule has 0 aromatic rings. The van der Waals surface area contributed by atoms with E-state index in [9.17, 15) is 9.59 Å². The first kappa shape index (κ1) is 30.6. The van der Waals surface area contributed by atoms with Crippen LogP contribution in [0.4, 0.5) is 0 Å². The van der Waals surface area contributed by atoms with Gasteiger partial charge in [-0.1, -0.05) is 95.4 Å². The molecule has 0 atom stereocenters. The Bertz CT molecular complexity index is 479. The van der Waals surface area contributed by atoms with E-state index >= 15 is 0 Å². The van der Waals surface area contributed by atoms with Gasteiger partial charge in [0, 0.05) is 19.3 Å². The molecule has 0 aromatic carbocycles. The largest absolute Gasteiger partial charge is 0.469 e. The zero-order valence-electron chi connectivity index (χ0n) is 21.4. The highest BCUT2D eigenvalue weighted by atomic mass is 16.5. The number of Topliss-reactive ketones (excluding diaryl/α,β-unsaturated/α-hetero) is 1. The lowest BCUT2D eigenvalue weighted by Crippen LogP contribution is -1.99. The van der Waals surface area contributed by atoms with Crippen molar-refractivity contribution in [2.45, 2.75) is 142 Å². The Kier molecular flexibility index (Phi) is 24.8. The van der Waals surface area contributed by atoms with Gasteiger partial charge in [0.2, 0.25) is 0 Å². The number of hydrogen-bond donors (Lipinski definition) is 0. The van der Waals surface area contributed by atoms with E-state index in [0.29, 0.717) is 12.2 Å². The molecule has 0 aromatic heterocycles. The highest BCUT2D eigenvalue weighted by Crippen LogP contribution is 2.13. The van der Waals surface area contributed by atoms with Crippen molar-refractivity contribution in [3.8, 4) is 0 Å². The zero-order valence-corrected chi connectivity index (χ0v) is 21.4. The summed E-state index contributed by atoms with van der Waals surface area (Å²) in [6.07, 6.45) is 32.7. The Labute approximate surface area is 199 Å². The Morgan fingerprint density at radius 1 is 0.562 bits per heavy atom. The van der Waals surface area contributed by atoms with Crippen molar-refractivity contribution < 1.29 is 14.3 Å².